The number of anilines is 2. The monoisotopic (exact) mass is 267 g/mol. The molecule has 0 aliphatic carbocycles. The smallest absolute Gasteiger partial charge is 0.276 e. The number of rotatable bonds is 5. The normalized spacial score (nSPS) is 16.1. The zero-order chi connectivity index (χ0) is 13.7. The van der Waals surface area contributed by atoms with Crippen LogP contribution in [0.5, 0.6) is 0 Å². The van der Waals surface area contributed by atoms with Crippen LogP contribution in [0.15, 0.2) is 12.1 Å². The highest BCUT2D eigenvalue weighted by Crippen LogP contribution is 2.21. The molecule has 1 fully saturated rings. The predicted octanol–water partition coefficient (Wildman–Crippen LogP) is 1.11. The predicted molar refractivity (Wildman–Crippen MR) is 70.7 cm³/mol. The van der Waals surface area contributed by atoms with Gasteiger partial charge in [-0.3, -0.25) is 10.1 Å². The van der Waals surface area contributed by atoms with E-state index in [9.17, 15) is 10.1 Å². The quantitative estimate of drug-likeness (QED) is 0.416. The molecule has 0 spiro atoms. The van der Waals surface area contributed by atoms with E-state index in [0.29, 0.717) is 11.7 Å². The van der Waals surface area contributed by atoms with Crippen molar-refractivity contribution in [3.8, 4) is 0 Å². The van der Waals surface area contributed by atoms with Gasteiger partial charge in [-0.15, -0.1) is 0 Å². The third kappa shape index (κ3) is 3.76. The molecule has 0 unspecified atom stereocenters. The molecule has 1 aliphatic heterocycles. The average Bonchev–Trinajstić information content (AvgIpc) is 2.45. The first-order valence-electron chi connectivity index (χ1n) is 6.13. The molecule has 1 aromatic heterocycles. The number of hydrazine groups is 1. The van der Waals surface area contributed by atoms with Gasteiger partial charge in [0.1, 0.15) is 11.6 Å². The molecule has 0 radical (unpaired) electrons. The summed E-state index contributed by atoms with van der Waals surface area (Å²) in [5, 5.41) is 13.9. The molecule has 4 N–H and O–H groups in total. The van der Waals surface area contributed by atoms with Crippen LogP contribution in [0.3, 0.4) is 0 Å². The molecule has 0 bridgehead atoms. The Morgan fingerprint density at radius 1 is 1.42 bits per heavy atom. The van der Waals surface area contributed by atoms with Gasteiger partial charge in [-0.1, -0.05) is 0 Å². The number of hydrogen-bond acceptors (Lipinski definition) is 7. The first-order valence-corrected chi connectivity index (χ1v) is 6.13. The lowest BCUT2D eigenvalue weighted by molar-refractivity contribution is -0.384. The van der Waals surface area contributed by atoms with Crippen LogP contribution in [0.4, 0.5) is 17.3 Å². The van der Waals surface area contributed by atoms with Crippen molar-refractivity contribution >= 4 is 17.3 Å². The van der Waals surface area contributed by atoms with E-state index in [1.54, 1.807) is 0 Å². The number of hydrogen-bond donors (Lipinski definition) is 3. The van der Waals surface area contributed by atoms with Gasteiger partial charge >= 0.3 is 0 Å². The second kappa shape index (κ2) is 6.30. The summed E-state index contributed by atoms with van der Waals surface area (Å²) >= 11 is 0. The highest BCUT2D eigenvalue weighted by atomic mass is 16.6. The number of pyridine rings is 1. The first-order chi connectivity index (χ1) is 9.19. The van der Waals surface area contributed by atoms with E-state index in [2.05, 4.69) is 15.7 Å². The molecule has 1 aliphatic rings. The molecule has 2 heterocycles. The standard InChI is InChI=1S/C11H17N5O3/c12-15-11-6-9(16(17)18)5-10(14-11)13-7-8-1-3-19-4-2-8/h5-6,8H,1-4,7,12H2,(H2,13,14,15). The van der Waals surface area contributed by atoms with Crippen LogP contribution in [0.2, 0.25) is 0 Å². The van der Waals surface area contributed by atoms with Crippen molar-refractivity contribution in [2.24, 2.45) is 11.8 Å². The maximum atomic E-state index is 10.8. The Hall–Kier alpha value is -1.93. The van der Waals surface area contributed by atoms with Crippen molar-refractivity contribution in [1.82, 2.24) is 4.98 Å². The van der Waals surface area contributed by atoms with E-state index in [0.717, 1.165) is 32.6 Å². The van der Waals surface area contributed by atoms with Crippen molar-refractivity contribution in [3.05, 3.63) is 22.2 Å². The molecular weight excluding hydrogens is 250 g/mol. The van der Waals surface area contributed by atoms with Gasteiger partial charge < -0.3 is 15.5 Å². The summed E-state index contributed by atoms with van der Waals surface area (Å²) in [5.74, 6) is 6.47. The Labute approximate surface area is 110 Å². The molecule has 0 aromatic carbocycles. The van der Waals surface area contributed by atoms with Gasteiger partial charge in [0.25, 0.3) is 5.69 Å². The lowest BCUT2D eigenvalue weighted by Gasteiger charge is -2.22. The number of ether oxygens (including phenoxy) is 1. The number of nitrogen functional groups attached to an aromatic ring is 1. The largest absolute Gasteiger partial charge is 0.381 e. The molecule has 1 aromatic rings. The van der Waals surface area contributed by atoms with Crippen molar-refractivity contribution < 1.29 is 9.66 Å². The van der Waals surface area contributed by atoms with Gasteiger partial charge in [-0.2, -0.15) is 0 Å². The van der Waals surface area contributed by atoms with Crippen LogP contribution in [-0.4, -0.2) is 29.7 Å². The van der Waals surface area contributed by atoms with Gasteiger partial charge in [-0.25, -0.2) is 10.8 Å². The Balaban J connectivity index is 2.02. The number of nitrogens with zero attached hydrogens (tertiary/aromatic N) is 2. The molecule has 2 rings (SSSR count). The van der Waals surface area contributed by atoms with Crippen LogP contribution in [-0.2, 0) is 4.74 Å². The molecule has 19 heavy (non-hydrogen) atoms. The summed E-state index contributed by atoms with van der Waals surface area (Å²) in [4.78, 5) is 14.5. The summed E-state index contributed by atoms with van der Waals surface area (Å²) in [6, 6.07) is 2.69. The van der Waals surface area contributed by atoms with Crippen LogP contribution < -0.4 is 16.6 Å². The van der Waals surface area contributed by atoms with E-state index >= 15 is 0 Å². The molecule has 104 valence electrons. The van der Waals surface area contributed by atoms with Crippen molar-refractivity contribution in [1.29, 1.82) is 0 Å². The number of aromatic nitrogens is 1. The van der Waals surface area contributed by atoms with Crippen molar-refractivity contribution in [2.75, 3.05) is 30.5 Å². The fourth-order valence-electron chi connectivity index (χ4n) is 1.99. The van der Waals surface area contributed by atoms with E-state index < -0.39 is 4.92 Å². The maximum absolute atomic E-state index is 10.8. The second-order valence-corrected chi connectivity index (χ2v) is 4.43. The van der Waals surface area contributed by atoms with Gasteiger partial charge in [0.2, 0.25) is 0 Å². The van der Waals surface area contributed by atoms with Crippen molar-refractivity contribution in [3.63, 3.8) is 0 Å². The summed E-state index contributed by atoms with van der Waals surface area (Å²) in [5.41, 5.74) is 2.28. The molecule has 8 nitrogen and oxygen atoms in total. The Morgan fingerprint density at radius 2 is 2.11 bits per heavy atom. The number of nitro groups is 1. The summed E-state index contributed by atoms with van der Waals surface area (Å²) in [6.07, 6.45) is 1.98. The van der Waals surface area contributed by atoms with Crippen LogP contribution in [0.25, 0.3) is 0 Å². The van der Waals surface area contributed by atoms with E-state index in [4.69, 9.17) is 10.6 Å². The lowest BCUT2D eigenvalue weighted by atomic mass is 10.0. The van der Waals surface area contributed by atoms with E-state index in [1.807, 2.05) is 0 Å². The maximum Gasteiger partial charge on any atom is 0.276 e. The first kappa shape index (κ1) is 13.5. The minimum Gasteiger partial charge on any atom is -0.381 e. The average molecular weight is 267 g/mol. The summed E-state index contributed by atoms with van der Waals surface area (Å²) in [7, 11) is 0. The van der Waals surface area contributed by atoms with Crippen molar-refractivity contribution in [2.45, 2.75) is 12.8 Å². The highest BCUT2D eigenvalue weighted by Gasteiger charge is 2.15. The molecule has 0 atom stereocenters. The second-order valence-electron chi connectivity index (χ2n) is 4.43. The van der Waals surface area contributed by atoms with Gasteiger partial charge in [0.05, 0.1) is 17.1 Å². The fraction of sp³-hybridized carbons (Fsp3) is 0.545. The molecule has 0 amide bonds. The highest BCUT2D eigenvalue weighted by molar-refractivity contribution is 5.54. The molecular formula is C11H17N5O3. The lowest BCUT2D eigenvalue weighted by Crippen LogP contribution is -2.23. The molecule has 8 heteroatoms. The topological polar surface area (TPSA) is 115 Å². The zero-order valence-electron chi connectivity index (χ0n) is 10.5. The van der Waals surface area contributed by atoms with E-state index in [-0.39, 0.29) is 11.5 Å². The third-order valence-electron chi connectivity index (χ3n) is 3.08. The van der Waals surface area contributed by atoms with Crippen LogP contribution in [0, 0.1) is 16.0 Å². The summed E-state index contributed by atoms with van der Waals surface area (Å²) < 4.78 is 5.28. The number of nitrogens with two attached hydrogens (primary N) is 1. The minimum atomic E-state index is -0.470. The van der Waals surface area contributed by atoms with Crippen LogP contribution >= 0.6 is 0 Å². The Bertz CT molecular complexity index is 448. The third-order valence-corrected chi connectivity index (χ3v) is 3.08. The summed E-state index contributed by atoms with van der Waals surface area (Å²) in [6.45, 7) is 2.26. The minimum absolute atomic E-state index is 0.0440. The Kier molecular flexibility index (Phi) is 4.48. The van der Waals surface area contributed by atoms with E-state index in [1.165, 1.54) is 12.1 Å². The zero-order valence-corrected chi connectivity index (χ0v) is 10.5. The van der Waals surface area contributed by atoms with Crippen LogP contribution in [0.1, 0.15) is 12.8 Å². The number of nitrogens with one attached hydrogen (secondary N) is 2. The fourth-order valence-corrected chi connectivity index (χ4v) is 1.99. The Morgan fingerprint density at radius 3 is 2.74 bits per heavy atom. The van der Waals surface area contributed by atoms with Gasteiger partial charge in [0.15, 0.2) is 0 Å². The van der Waals surface area contributed by atoms with Gasteiger partial charge in [-0.05, 0) is 18.8 Å². The molecule has 1 saturated heterocycles. The molecule has 0 saturated carbocycles. The van der Waals surface area contributed by atoms with Gasteiger partial charge in [0, 0.05) is 19.8 Å². The SMILES string of the molecule is NNc1cc([N+](=O)[O-])cc(NCC2CCOCC2)n1.